The Morgan fingerprint density at radius 3 is 3.00 bits per heavy atom. The Balaban J connectivity index is 1.89. The summed E-state index contributed by atoms with van der Waals surface area (Å²) in [6.07, 6.45) is 1.61. The van der Waals surface area contributed by atoms with Gasteiger partial charge in [-0.3, -0.25) is 9.59 Å². The molecule has 0 aliphatic heterocycles. The Bertz CT molecular complexity index is 513. The van der Waals surface area contributed by atoms with Crippen molar-refractivity contribution in [2.75, 3.05) is 13.2 Å². The number of esters is 1. The van der Waals surface area contributed by atoms with E-state index in [-0.39, 0.29) is 16.6 Å². The monoisotopic (exact) mass is 340 g/mol. The van der Waals surface area contributed by atoms with Gasteiger partial charge in [0.25, 0.3) is 0 Å². The third-order valence-corrected chi connectivity index (χ3v) is 3.89. The van der Waals surface area contributed by atoms with Gasteiger partial charge < -0.3 is 9.47 Å². The van der Waals surface area contributed by atoms with E-state index in [1.54, 1.807) is 6.92 Å². The summed E-state index contributed by atoms with van der Waals surface area (Å²) in [4.78, 5) is 22.9. The van der Waals surface area contributed by atoms with E-state index >= 15 is 0 Å². The van der Waals surface area contributed by atoms with Gasteiger partial charge in [-0.25, -0.2) is 0 Å². The lowest BCUT2D eigenvalue weighted by molar-refractivity contribution is -0.143. The molecule has 1 atom stereocenters. The van der Waals surface area contributed by atoms with E-state index in [4.69, 9.17) is 9.47 Å². The molecule has 0 aromatic heterocycles. The highest BCUT2D eigenvalue weighted by atomic mass is 79.9. The third-order valence-electron chi connectivity index (χ3n) is 3.15. The van der Waals surface area contributed by atoms with Crippen LogP contribution in [0, 0.1) is 0 Å². The second kappa shape index (κ2) is 6.88. The molecule has 1 aliphatic rings. The highest BCUT2D eigenvalue weighted by Crippen LogP contribution is 2.33. The zero-order valence-corrected chi connectivity index (χ0v) is 12.9. The lowest BCUT2D eigenvalue weighted by Gasteiger charge is -2.10. The molecule has 1 aromatic rings. The number of carbonyl (C=O) groups excluding carboxylic acids is 2. The SMILES string of the molecule is CCOC(=O)CCCOc1cccc2c1CC(Br)C2=O. The van der Waals surface area contributed by atoms with Gasteiger partial charge in [0.2, 0.25) is 0 Å². The number of alkyl halides is 1. The van der Waals surface area contributed by atoms with Crippen molar-refractivity contribution < 1.29 is 19.1 Å². The van der Waals surface area contributed by atoms with Crippen LogP contribution >= 0.6 is 15.9 Å². The van der Waals surface area contributed by atoms with Gasteiger partial charge in [-0.05, 0) is 25.8 Å². The van der Waals surface area contributed by atoms with Crippen molar-refractivity contribution in [2.24, 2.45) is 0 Å². The first kappa shape index (κ1) is 15.0. The molecule has 5 heteroatoms. The van der Waals surface area contributed by atoms with Gasteiger partial charge in [0, 0.05) is 17.5 Å². The van der Waals surface area contributed by atoms with E-state index in [0.29, 0.717) is 32.5 Å². The van der Waals surface area contributed by atoms with Crippen LogP contribution in [0.3, 0.4) is 0 Å². The zero-order chi connectivity index (χ0) is 14.5. The van der Waals surface area contributed by atoms with Crippen molar-refractivity contribution in [3.8, 4) is 5.75 Å². The maximum Gasteiger partial charge on any atom is 0.305 e. The number of Topliss-reactive ketones (excluding diaryl/α,β-unsaturated/α-hetero) is 1. The van der Waals surface area contributed by atoms with E-state index in [2.05, 4.69) is 15.9 Å². The Morgan fingerprint density at radius 1 is 1.45 bits per heavy atom. The molecule has 0 amide bonds. The largest absolute Gasteiger partial charge is 0.493 e. The third kappa shape index (κ3) is 3.39. The molecule has 0 heterocycles. The minimum absolute atomic E-state index is 0.108. The maximum atomic E-state index is 11.9. The standard InChI is InChI=1S/C15H17BrO4/c1-2-19-14(17)7-4-8-20-13-6-3-5-10-11(13)9-12(16)15(10)18/h3,5-6,12H,2,4,7-9H2,1H3. The molecule has 0 N–H and O–H groups in total. The Morgan fingerprint density at radius 2 is 2.25 bits per heavy atom. The van der Waals surface area contributed by atoms with Crippen molar-refractivity contribution in [1.82, 2.24) is 0 Å². The number of carbonyl (C=O) groups is 2. The van der Waals surface area contributed by atoms with Crippen molar-refractivity contribution >= 4 is 27.7 Å². The molecule has 1 unspecified atom stereocenters. The Labute approximate surface area is 126 Å². The molecule has 0 bridgehead atoms. The van der Waals surface area contributed by atoms with Crippen LogP contribution in [0.2, 0.25) is 0 Å². The number of benzene rings is 1. The van der Waals surface area contributed by atoms with Crippen LogP contribution in [0.15, 0.2) is 18.2 Å². The summed E-state index contributed by atoms with van der Waals surface area (Å²) in [5.41, 5.74) is 1.69. The van der Waals surface area contributed by atoms with Gasteiger partial charge >= 0.3 is 5.97 Å². The number of hydrogen-bond acceptors (Lipinski definition) is 4. The summed E-state index contributed by atoms with van der Waals surface area (Å²) in [5.74, 6) is 0.642. The number of rotatable bonds is 6. The fourth-order valence-corrected chi connectivity index (χ4v) is 2.79. The van der Waals surface area contributed by atoms with Crippen LogP contribution in [-0.2, 0) is 16.0 Å². The zero-order valence-electron chi connectivity index (χ0n) is 11.4. The van der Waals surface area contributed by atoms with Crippen molar-refractivity contribution in [2.45, 2.75) is 31.0 Å². The molecule has 0 saturated carbocycles. The topological polar surface area (TPSA) is 52.6 Å². The van der Waals surface area contributed by atoms with E-state index < -0.39 is 0 Å². The quantitative estimate of drug-likeness (QED) is 0.454. The molecule has 20 heavy (non-hydrogen) atoms. The van der Waals surface area contributed by atoms with E-state index in [1.165, 1.54) is 0 Å². The van der Waals surface area contributed by atoms with Crippen molar-refractivity contribution in [3.63, 3.8) is 0 Å². The summed E-state index contributed by atoms with van der Waals surface area (Å²) in [7, 11) is 0. The summed E-state index contributed by atoms with van der Waals surface area (Å²) in [5, 5.41) is 0. The average Bonchev–Trinajstić information content (AvgIpc) is 2.72. The minimum Gasteiger partial charge on any atom is -0.493 e. The first-order chi connectivity index (χ1) is 9.63. The molecule has 4 nitrogen and oxygen atoms in total. The Kier molecular flexibility index (Phi) is 5.17. The summed E-state index contributed by atoms with van der Waals surface area (Å²) >= 11 is 3.37. The van der Waals surface area contributed by atoms with Gasteiger partial charge in [0.05, 0.1) is 18.0 Å². The van der Waals surface area contributed by atoms with Gasteiger partial charge in [-0.1, -0.05) is 28.1 Å². The van der Waals surface area contributed by atoms with Crippen LogP contribution in [-0.4, -0.2) is 29.8 Å². The smallest absolute Gasteiger partial charge is 0.305 e. The summed E-state index contributed by atoms with van der Waals surface area (Å²) in [6.45, 7) is 2.63. The molecule has 0 fully saturated rings. The van der Waals surface area contributed by atoms with Crippen LogP contribution in [0.5, 0.6) is 5.75 Å². The maximum absolute atomic E-state index is 11.9. The van der Waals surface area contributed by atoms with Gasteiger partial charge in [0.15, 0.2) is 5.78 Å². The van der Waals surface area contributed by atoms with E-state index in [1.807, 2.05) is 18.2 Å². The molecule has 0 saturated heterocycles. The number of fused-ring (bicyclic) bond motifs is 1. The molecule has 1 aromatic carbocycles. The van der Waals surface area contributed by atoms with E-state index in [9.17, 15) is 9.59 Å². The van der Waals surface area contributed by atoms with Crippen molar-refractivity contribution in [1.29, 1.82) is 0 Å². The van der Waals surface area contributed by atoms with Gasteiger partial charge in [-0.2, -0.15) is 0 Å². The van der Waals surface area contributed by atoms with Crippen LogP contribution in [0.25, 0.3) is 0 Å². The molecule has 0 radical (unpaired) electrons. The number of halogens is 1. The molecule has 2 rings (SSSR count). The number of ketones is 1. The summed E-state index contributed by atoms with van der Waals surface area (Å²) < 4.78 is 10.5. The first-order valence-corrected chi connectivity index (χ1v) is 7.63. The van der Waals surface area contributed by atoms with E-state index in [0.717, 1.165) is 16.9 Å². The van der Waals surface area contributed by atoms with Crippen LogP contribution in [0.1, 0.15) is 35.7 Å². The van der Waals surface area contributed by atoms with Gasteiger partial charge in [-0.15, -0.1) is 0 Å². The predicted octanol–water partition coefficient (Wildman–Crippen LogP) is 2.91. The second-order valence-electron chi connectivity index (χ2n) is 4.58. The fourth-order valence-electron chi connectivity index (χ4n) is 2.21. The highest BCUT2D eigenvalue weighted by molar-refractivity contribution is 9.10. The van der Waals surface area contributed by atoms with Crippen LogP contribution < -0.4 is 4.74 Å². The lowest BCUT2D eigenvalue weighted by atomic mass is 10.1. The first-order valence-electron chi connectivity index (χ1n) is 6.72. The van der Waals surface area contributed by atoms with Crippen LogP contribution in [0.4, 0.5) is 0 Å². The highest BCUT2D eigenvalue weighted by Gasteiger charge is 2.30. The molecular formula is C15H17BrO4. The predicted molar refractivity (Wildman–Crippen MR) is 78.6 cm³/mol. The number of hydrogen-bond donors (Lipinski definition) is 0. The molecular weight excluding hydrogens is 324 g/mol. The normalized spacial score (nSPS) is 16.9. The fraction of sp³-hybridized carbons (Fsp3) is 0.467. The summed E-state index contributed by atoms with van der Waals surface area (Å²) in [6, 6.07) is 5.51. The molecule has 108 valence electrons. The molecule has 0 spiro atoms. The van der Waals surface area contributed by atoms with Gasteiger partial charge in [0.1, 0.15) is 5.75 Å². The Hall–Kier alpha value is -1.36. The second-order valence-corrected chi connectivity index (χ2v) is 5.68. The molecule has 1 aliphatic carbocycles. The lowest BCUT2D eigenvalue weighted by Crippen LogP contribution is -2.07. The van der Waals surface area contributed by atoms with Crippen molar-refractivity contribution in [3.05, 3.63) is 29.3 Å². The number of ether oxygens (including phenoxy) is 2. The minimum atomic E-state index is -0.204. The average molecular weight is 341 g/mol.